The Morgan fingerprint density at radius 1 is 1.43 bits per heavy atom. The predicted octanol–water partition coefficient (Wildman–Crippen LogP) is 3.92. The Bertz CT molecular complexity index is 610. The first-order valence-corrected chi connectivity index (χ1v) is 7.78. The maximum absolute atomic E-state index is 11.8. The van der Waals surface area contributed by atoms with Crippen molar-refractivity contribution in [1.29, 1.82) is 0 Å². The Morgan fingerprint density at radius 3 is 2.90 bits per heavy atom. The largest absolute Gasteiger partial charge is 0.375 e. The highest BCUT2D eigenvalue weighted by Gasteiger charge is 2.11. The van der Waals surface area contributed by atoms with Crippen molar-refractivity contribution in [2.75, 3.05) is 13.7 Å². The van der Waals surface area contributed by atoms with Crippen LogP contribution in [-0.2, 0) is 9.53 Å². The van der Waals surface area contributed by atoms with Crippen molar-refractivity contribution in [2.45, 2.75) is 6.10 Å². The van der Waals surface area contributed by atoms with Gasteiger partial charge < -0.3 is 10.1 Å². The molecular weight excluding hydrogens is 306 g/mol. The van der Waals surface area contributed by atoms with E-state index < -0.39 is 0 Å². The van der Waals surface area contributed by atoms with E-state index in [9.17, 15) is 4.79 Å². The second-order valence-corrected chi connectivity index (χ2v) is 5.57. The minimum Gasteiger partial charge on any atom is -0.375 e. The third kappa shape index (κ3) is 4.70. The van der Waals surface area contributed by atoms with E-state index in [-0.39, 0.29) is 12.0 Å². The van der Waals surface area contributed by atoms with Crippen LogP contribution in [0, 0.1) is 0 Å². The van der Waals surface area contributed by atoms with Gasteiger partial charge in [-0.25, -0.2) is 0 Å². The van der Waals surface area contributed by atoms with Crippen LogP contribution in [-0.4, -0.2) is 19.6 Å². The van der Waals surface area contributed by atoms with Crippen LogP contribution in [0.4, 0.5) is 0 Å². The van der Waals surface area contributed by atoms with E-state index >= 15 is 0 Å². The van der Waals surface area contributed by atoms with Gasteiger partial charge in [0.2, 0.25) is 5.91 Å². The fraction of sp³-hybridized carbons (Fsp3) is 0.188. The highest BCUT2D eigenvalue weighted by molar-refractivity contribution is 7.07. The van der Waals surface area contributed by atoms with E-state index in [1.165, 1.54) is 6.08 Å². The molecule has 2 rings (SSSR count). The van der Waals surface area contributed by atoms with E-state index in [1.54, 1.807) is 30.6 Å². The molecule has 0 fully saturated rings. The normalized spacial score (nSPS) is 12.5. The molecule has 3 nitrogen and oxygen atoms in total. The Kier molecular flexibility index (Phi) is 5.99. The first-order valence-electron chi connectivity index (χ1n) is 6.46. The highest BCUT2D eigenvalue weighted by Crippen LogP contribution is 2.19. The number of methoxy groups -OCH3 is 1. The zero-order valence-electron chi connectivity index (χ0n) is 11.6. The lowest BCUT2D eigenvalue weighted by Gasteiger charge is -2.14. The number of carbonyl (C=O) groups is 1. The number of nitrogens with one attached hydrogen (secondary N) is 1. The molecule has 110 valence electrons. The summed E-state index contributed by atoms with van der Waals surface area (Å²) < 4.78 is 5.37. The van der Waals surface area contributed by atoms with Crippen LogP contribution in [0.2, 0.25) is 5.02 Å². The summed E-state index contributed by atoms with van der Waals surface area (Å²) in [5.41, 5.74) is 1.88. The minimum absolute atomic E-state index is 0.131. The number of carbonyl (C=O) groups excluding carboxylic acids is 1. The van der Waals surface area contributed by atoms with E-state index in [1.807, 2.05) is 35.0 Å². The zero-order valence-corrected chi connectivity index (χ0v) is 13.2. The summed E-state index contributed by atoms with van der Waals surface area (Å²) in [5, 5.41) is 7.44. The van der Waals surface area contributed by atoms with E-state index in [0.29, 0.717) is 11.6 Å². The summed E-state index contributed by atoms with van der Waals surface area (Å²) in [5.74, 6) is -0.174. The van der Waals surface area contributed by atoms with Gasteiger partial charge in [-0.05, 0) is 40.1 Å². The predicted molar refractivity (Wildman–Crippen MR) is 87.6 cm³/mol. The number of rotatable bonds is 6. The monoisotopic (exact) mass is 321 g/mol. The quantitative estimate of drug-likeness (QED) is 0.819. The minimum atomic E-state index is -0.174. The number of amides is 1. The molecule has 1 N–H and O–H groups in total. The summed E-state index contributed by atoms with van der Waals surface area (Å²) in [6, 6.07) is 9.36. The van der Waals surface area contributed by atoms with Gasteiger partial charge in [-0.15, -0.1) is 0 Å². The number of halogens is 1. The molecule has 0 spiro atoms. The molecule has 1 atom stereocenters. The van der Waals surface area contributed by atoms with E-state index in [4.69, 9.17) is 16.3 Å². The number of thiophene rings is 1. The van der Waals surface area contributed by atoms with Crippen LogP contribution in [0.25, 0.3) is 6.08 Å². The van der Waals surface area contributed by atoms with Crippen molar-refractivity contribution in [3.63, 3.8) is 0 Å². The molecule has 21 heavy (non-hydrogen) atoms. The molecule has 1 amide bonds. The van der Waals surface area contributed by atoms with Crippen LogP contribution in [0.5, 0.6) is 0 Å². The topological polar surface area (TPSA) is 38.3 Å². The Hall–Kier alpha value is -1.62. The standard InChI is InChI=1S/C16H16ClNO2S/c1-20-15(13-8-9-21-11-13)10-18-16(19)7-6-12-4-2-3-5-14(12)17/h2-9,11,15H,10H2,1H3,(H,18,19). The number of benzene rings is 1. The fourth-order valence-electron chi connectivity index (χ4n) is 1.82. The van der Waals surface area contributed by atoms with Crippen LogP contribution in [0.1, 0.15) is 17.2 Å². The van der Waals surface area contributed by atoms with Gasteiger partial charge in [0.15, 0.2) is 0 Å². The summed E-state index contributed by atoms with van der Waals surface area (Å²) in [6.45, 7) is 0.429. The number of hydrogen-bond acceptors (Lipinski definition) is 3. The molecule has 0 aliphatic carbocycles. The first-order chi connectivity index (χ1) is 10.2. The van der Waals surface area contributed by atoms with E-state index in [2.05, 4.69) is 5.32 Å². The average molecular weight is 322 g/mol. The van der Waals surface area contributed by atoms with Crippen molar-refractivity contribution in [2.24, 2.45) is 0 Å². The van der Waals surface area contributed by atoms with Crippen LogP contribution in [0.15, 0.2) is 47.2 Å². The van der Waals surface area contributed by atoms with Gasteiger partial charge in [0, 0.05) is 24.8 Å². The van der Waals surface area contributed by atoms with Gasteiger partial charge in [-0.1, -0.05) is 29.8 Å². The van der Waals surface area contributed by atoms with Gasteiger partial charge in [0.1, 0.15) is 6.10 Å². The Balaban J connectivity index is 1.89. The fourth-order valence-corrected chi connectivity index (χ4v) is 2.72. The molecule has 0 bridgehead atoms. The second-order valence-electron chi connectivity index (χ2n) is 4.38. The molecule has 0 aliphatic rings. The number of ether oxygens (including phenoxy) is 1. The molecule has 0 saturated heterocycles. The molecule has 1 heterocycles. The molecule has 0 saturated carbocycles. The van der Waals surface area contributed by atoms with Crippen molar-refractivity contribution in [3.05, 3.63) is 63.3 Å². The molecule has 5 heteroatoms. The summed E-state index contributed by atoms with van der Waals surface area (Å²) >= 11 is 7.63. The molecule has 0 radical (unpaired) electrons. The summed E-state index contributed by atoms with van der Waals surface area (Å²) in [7, 11) is 1.63. The second kappa shape index (κ2) is 7.98. The van der Waals surface area contributed by atoms with Crippen LogP contribution < -0.4 is 5.32 Å². The van der Waals surface area contributed by atoms with E-state index in [0.717, 1.165) is 11.1 Å². The zero-order chi connectivity index (χ0) is 15.1. The van der Waals surface area contributed by atoms with Crippen LogP contribution in [0.3, 0.4) is 0 Å². The molecular formula is C16H16ClNO2S. The lowest BCUT2D eigenvalue weighted by Crippen LogP contribution is -2.27. The highest BCUT2D eigenvalue weighted by atomic mass is 35.5. The van der Waals surface area contributed by atoms with Crippen LogP contribution >= 0.6 is 22.9 Å². The number of hydrogen-bond donors (Lipinski definition) is 1. The molecule has 0 aliphatic heterocycles. The molecule has 1 aromatic heterocycles. The third-order valence-corrected chi connectivity index (χ3v) is 4.03. The van der Waals surface area contributed by atoms with Gasteiger partial charge >= 0.3 is 0 Å². The lowest BCUT2D eigenvalue weighted by atomic mass is 10.2. The average Bonchev–Trinajstić information content (AvgIpc) is 3.01. The van der Waals surface area contributed by atoms with Crippen molar-refractivity contribution < 1.29 is 9.53 Å². The Morgan fingerprint density at radius 2 is 2.24 bits per heavy atom. The maximum atomic E-state index is 11.8. The summed E-state index contributed by atoms with van der Waals surface area (Å²) in [6.07, 6.45) is 3.04. The Labute approximate surface area is 133 Å². The molecule has 1 aromatic carbocycles. The maximum Gasteiger partial charge on any atom is 0.244 e. The third-order valence-electron chi connectivity index (χ3n) is 2.98. The van der Waals surface area contributed by atoms with Crippen molar-refractivity contribution in [1.82, 2.24) is 5.32 Å². The smallest absolute Gasteiger partial charge is 0.244 e. The van der Waals surface area contributed by atoms with Crippen molar-refractivity contribution >= 4 is 34.9 Å². The van der Waals surface area contributed by atoms with Crippen molar-refractivity contribution in [3.8, 4) is 0 Å². The molecule has 2 aromatic rings. The van der Waals surface area contributed by atoms with Gasteiger partial charge in [-0.3, -0.25) is 4.79 Å². The first kappa shape index (κ1) is 15.8. The van der Waals surface area contributed by atoms with Gasteiger partial charge in [0.25, 0.3) is 0 Å². The summed E-state index contributed by atoms with van der Waals surface area (Å²) in [4.78, 5) is 11.8. The SMILES string of the molecule is COC(CNC(=O)C=Cc1ccccc1Cl)c1ccsc1. The lowest BCUT2D eigenvalue weighted by molar-refractivity contribution is -0.117. The van der Waals surface area contributed by atoms with Gasteiger partial charge in [-0.2, -0.15) is 11.3 Å². The van der Waals surface area contributed by atoms with Gasteiger partial charge in [0.05, 0.1) is 0 Å². The molecule has 1 unspecified atom stereocenters.